The van der Waals surface area contributed by atoms with Crippen LogP contribution in [0.4, 0.5) is 21.0 Å². The minimum Gasteiger partial charge on any atom is -0.488 e. The largest absolute Gasteiger partial charge is 0.488 e. The van der Waals surface area contributed by atoms with E-state index in [4.69, 9.17) is 4.74 Å². The minimum atomic E-state index is -0.431. The third kappa shape index (κ3) is 7.50. The maximum atomic E-state index is 13.5. The van der Waals surface area contributed by atoms with Crippen molar-refractivity contribution in [2.45, 2.75) is 52.3 Å². The summed E-state index contributed by atoms with van der Waals surface area (Å²) in [7, 11) is 1.71. The second kappa shape index (κ2) is 13.6. The van der Waals surface area contributed by atoms with Crippen LogP contribution in [0.25, 0.3) is 10.8 Å². The highest BCUT2D eigenvalue weighted by Crippen LogP contribution is 2.30. The number of ether oxygens (including phenoxy) is 1. The Bertz CT molecular complexity index is 1420. The molecule has 0 fully saturated rings. The van der Waals surface area contributed by atoms with Crippen molar-refractivity contribution < 1.29 is 24.2 Å². The fourth-order valence-corrected chi connectivity index (χ4v) is 5.05. The zero-order valence-corrected chi connectivity index (χ0v) is 24.9. The van der Waals surface area contributed by atoms with Gasteiger partial charge < -0.3 is 35.6 Å². The molecule has 3 aromatic carbocycles. The van der Waals surface area contributed by atoms with Crippen molar-refractivity contribution in [1.29, 1.82) is 0 Å². The Morgan fingerprint density at radius 2 is 1.81 bits per heavy atom. The lowest BCUT2D eigenvalue weighted by molar-refractivity contribution is -0.134. The number of fused-ring (bicyclic) bond motifs is 2. The van der Waals surface area contributed by atoms with Crippen molar-refractivity contribution in [2.75, 3.05) is 37.4 Å². The molecule has 10 heteroatoms. The van der Waals surface area contributed by atoms with E-state index >= 15 is 0 Å². The predicted molar refractivity (Wildman–Crippen MR) is 165 cm³/mol. The van der Waals surface area contributed by atoms with E-state index in [2.05, 4.69) is 16.0 Å². The van der Waals surface area contributed by atoms with Crippen LogP contribution in [-0.4, -0.2) is 77.8 Å². The van der Waals surface area contributed by atoms with E-state index in [0.717, 1.165) is 10.8 Å². The van der Waals surface area contributed by atoms with Crippen LogP contribution in [0.3, 0.4) is 0 Å². The monoisotopic (exact) mass is 575 g/mol. The second-order valence-electron chi connectivity index (χ2n) is 11.3. The third-order valence-electron chi connectivity index (χ3n) is 7.42. The highest BCUT2D eigenvalue weighted by Gasteiger charge is 2.32. The Kier molecular flexibility index (Phi) is 9.90. The molecule has 1 heterocycles. The first-order chi connectivity index (χ1) is 20.0. The topological polar surface area (TPSA) is 123 Å². The standard InChI is InChI=1S/C32H41N5O5/c1-20(2)33-32(41)36(5)18-29-21(3)17-37(22(4)19-38)30(39)16-24-15-25(13-14-28(24)42-29)34-31(40)35-27-12-8-10-23-9-6-7-11-26(23)27/h6-15,20-22,29,38H,16-19H2,1-5H3,(H,33,41)(H2,34,35,40)/t21-,22+,29+/m0/s1. The van der Waals surface area contributed by atoms with Crippen LogP contribution in [0, 0.1) is 5.92 Å². The summed E-state index contributed by atoms with van der Waals surface area (Å²) in [5.74, 6) is 0.209. The van der Waals surface area contributed by atoms with Crippen LogP contribution < -0.4 is 20.7 Å². The molecule has 0 aliphatic carbocycles. The number of rotatable bonds is 7. The SMILES string of the molecule is CC(C)NC(=O)N(C)C[C@H]1Oc2ccc(NC(=O)Nc3cccc4ccccc34)cc2CC(=O)N([C@H](C)CO)C[C@@H]1C. The maximum Gasteiger partial charge on any atom is 0.323 e. The molecule has 224 valence electrons. The molecular formula is C32H41N5O5. The van der Waals surface area contributed by atoms with Crippen LogP contribution >= 0.6 is 0 Å². The summed E-state index contributed by atoms with van der Waals surface area (Å²) >= 11 is 0. The van der Waals surface area contributed by atoms with Gasteiger partial charge in [-0.3, -0.25) is 4.79 Å². The second-order valence-corrected chi connectivity index (χ2v) is 11.3. The van der Waals surface area contributed by atoms with Gasteiger partial charge in [0.15, 0.2) is 0 Å². The molecule has 5 amide bonds. The highest BCUT2D eigenvalue weighted by molar-refractivity contribution is 6.06. The Hall–Kier alpha value is -4.31. The molecule has 0 saturated carbocycles. The molecule has 3 atom stereocenters. The summed E-state index contributed by atoms with van der Waals surface area (Å²) in [6, 6.07) is 17.7. The van der Waals surface area contributed by atoms with Crippen molar-refractivity contribution in [3.63, 3.8) is 0 Å². The van der Waals surface area contributed by atoms with Gasteiger partial charge in [0.05, 0.1) is 31.3 Å². The third-order valence-corrected chi connectivity index (χ3v) is 7.42. The minimum absolute atomic E-state index is 0.0122. The van der Waals surface area contributed by atoms with Crippen LogP contribution in [0.15, 0.2) is 60.7 Å². The summed E-state index contributed by atoms with van der Waals surface area (Å²) in [5.41, 5.74) is 1.79. The van der Waals surface area contributed by atoms with Gasteiger partial charge in [-0.1, -0.05) is 43.3 Å². The summed E-state index contributed by atoms with van der Waals surface area (Å²) in [6.45, 7) is 8.05. The number of hydrogen-bond donors (Lipinski definition) is 4. The number of anilines is 2. The first kappa shape index (κ1) is 30.6. The van der Waals surface area contributed by atoms with Crippen LogP contribution in [0.1, 0.15) is 33.3 Å². The van der Waals surface area contributed by atoms with Crippen LogP contribution in [0.2, 0.25) is 0 Å². The number of carbonyl (C=O) groups is 3. The number of aliphatic hydroxyl groups is 1. The number of nitrogens with one attached hydrogen (secondary N) is 3. The number of amides is 5. The predicted octanol–water partition coefficient (Wildman–Crippen LogP) is 4.68. The quantitative estimate of drug-likeness (QED) is 0.326. The first-order valence-corrected chi connectivity index (χ1v) is 14.3. The molecule has 0 spiro atoms. The lowest BCUT2D eigenvalue weighted by atomic mass is 10.0. The van der Waals surface area contributed by atoms with Crippen molar-refractivity contribution in [3.8, 4) is 5.75 Å². The van der Waals surface area contributed by atoms with Gasteiger partial charge in [0.1, 0.15) is 11.9 Å². The molecule has 1 aliphatic rings. The summed E-state index contributed by atoms with van der Waals surface area (Å²) < 4.78 is 6.48. The first-order valence-electron chi connectivity index (χ1n) is 14.3. The van der Waals surface area contributed by atoms with E-state index in [-0.39, 0.29) is 36.9 Å². The molecule has 0 unspecified atom stereocenters. The van der Waals surface area contributed by atoms with Crippen molar-refractivity contribution in [2.24, 2.45) is 5.92 Å². The fourth-order valence-electron chi connectivity index (χ4n) is 5.05. The highest BCUT2D eigenvalue weighted by atomic mass is 16.5. The number of urea groups is 2. The molecule has 0 radical (unpaired) electrons. The summed E-state index contributed by atoms with van der Waals surface area (Å²) in [5, 5.41) is 20.5. The zero-order valence-electron chi connectivity index (χ0n) is 24.9. The summed E-state index contributed by atoms with van der Waals surface area (Å²) in [6.07, 6.45) is -0.400. The number of carbonyl (C=O) groups excluding carboxylic acids is 3. The molecule has 10 nitrogen and oxygen atoms in total. The molecular weight excluding hydrogens is 534 g/mol. The Labute approximate surface area is 247 Å². The number of likely N-dealkylation sites (N-methyl/N-ethyl adjacent to an activating group) is 1. The van der Waals surface area contributed by atoms with Gasteiger partial charge >= 0.3 is 12.1 Å². The van der Waals surface area contributed by atoms with E-state index in [0.29, 0.717) is 35.8 Å². The van der Waals surface area contributed by atoms with Gasteiger partial charge in [-0.25, -0.2) is 9.59 Å². The van der Waals surface area contributed by atoms with Crippen LogP contribution in [-0.2, 0) is 11.2 Å². The van der Waals surface area contributed by atoms with E-state index in [9.17, 15) is 19.5 Å². The Balaban J connectivity index is 1.58. The number of aliphatic hydroxyl groups excluding tert-OH is 1. The van der Waals surface area contributed by atoms with Gasteiger partial charge in [-0.2, -0.15) is 0 Å². The van der Waals surface area contributed by atoms with E-state index in [1.54, 1.807) is 42.0 Å². The van der Waals surface area contributed by atoms with Crippen molar-refractivity contribution >= 4 is 40.1 Å². The van der Waals surface area contributed by atoms with Crippen molar-refractivity contribution in [3.05, 3.63) is 66.2 Å². The van der Waals surface area contributed by atoms with Gasteiger partial charge in [-0.15, -0.1) is 0 Å². The van der Waals surface area contributed by atoms with Gasteiger partial charge in [0, 0.05) is 42.2 Å². The molecule has 0 saturated heterocycles. The molecule has 1 aliphatic heterocycles. The Morgan fingerprint density at radius 1 is 1.07 bits per heavy atom. The number of benzene rings is 3. The molecule has 4 N–H and O–H groups in total. The number of hydrogen-bond acceptors (Lipinski definition) is 5. The molecule has 0 aromatic heterocycles. The van der Waals surface area contributed by atoms with E-state index < -0.39 is 18.2 Å². The van der Waals surface area contributed by atoms with Crippen molar-refractivity contribution in [1.82, 2.24) is 15.1 Å². The average molecular weight is 576 g/mol. The lowest BCUT2D eigenvalue weighted by Gasteiger charge is -2.34. The molecule has 42 heavy (non-hydrogen) atoms. The lowest BCUT2D eigenvalue weighted by Crippen LogP contribution is -2.49. The van der Waals surface area contributed by atoms with Crippen LogP contribution in [0.5, 0.6) is 5.75 Å². The summed E-state index contributed by atoms with van der Waals surface area (Å²) in [4.78, 5) is 42.3. The van der Waals surface area contributed by atoms with E-state index in [1.165, 1.54) is 0 Å². The fraction of sp³-hybridized carbons (Fsp3) is 0.406. The smallest absolute Gasteiger partial charge is 0.323 e. The van der Waals surface area contributed by atoms with Gasteiger partial charge in [0.2, 0.25) is 5.91 Å². The normalized spacial score (nSPS) is 17.8. The average Bonchev–Trinajstić information content (AvgIpc) is 2.99. The number of nitrogens with zero attached hydrogens (tertiary/aromatic N) is 2. The van der Waals surface area contributed by atoms with Gasteiger partial charge in [-0.05, 0) is 50.4 Å². The zero-order chi connectivity index (χ0) is 30.4. The van der Waals surface area contributed by atoms with Gasteiger partial charge in [0.25, 0.3) is 0 Å². The van der Waals surface area contributed by atoms with E-state index in [1.807, 2.05) is 63.2 Å². The molecule has 0 bridgehead atoms. The molecule has 3 aromatic rings. The maximum absolute atomic E-state index is 13.5. The molecule has 4 rings (SSSR count). The Morgan fingerprint density at radius 3 is 2.55 bits per heavy atom.